The van der Waals surface area contributed by atoms with Crippen LogP contribution in [0.3, 0.4) is 0 Å². The molecule has 0 radical (unpaired) electrons. The van der Waals surface area contributed by atoms with Gasteiger partial charge in [-0.25, -0.2) is 4.79 Å². The smallest absolute Gasteiger partial charge is 0.349 e. The standard InChI is InChI=1S/C16H20N2O5/c1-10-9-12(11-3-2-8-22-11)23-16(21)14(10)15(20)18-6-4-13(19)17-5-7-18/h9,11H,2-8H2,1H3,(H,17,19). The van der Waals surface area contributed by atoms with Crippen molar-refractivity contribution in [2.45, 2.75) is 32.3 Å². The summed E-state index contributed by atoms with van der Waals surface area (Å²) < 4.78 is 10.8. The van der Waals surface area contributed by atoms with E-state index in [0.717, 1.165) is 12.8 Å². The van der Waals surface area contributed by atoms with Gasteiger partial charge in [-0.2, -0.15) is 0 Å². The van der Waals surface area contributed by atoms with Crippen LogP contribution in [0.5, 0.6) is 0 Å². The van der Waals surface area contributed by atoms with Gasteiger partial charge in [-0.05, 0) is 31.4 Å². The quantitative estimate of drug-likeness (QED) is 0.869. The second-order valence-corrected chi connectivity index (χ2v) is 5.89. The van der Waals surface area contributed by atoms with Crippen LogP contribution in [-0.2, 0) is 9.53 Å². The molecule has 0 saturated carbocycles. The Morgan fingerprint density at radius 1 is 1.35 bits per heavy atom. The maximum atomic E-state index is 12.6. The van der Waals surface area contributed by atoms with Crippen LogP contribution in [-0.4, -0.2) is 43.0 Å². The number of nitrogens with one attached hydrogen (secondary N) is 1. The van der Waals surface area contributed by atoms with Crippen LogP contribution >= 0.6 is 0 Å². The van der Waals surface area contributed by atoms with E-state index in [4.69, 9.17) is 9.15 Å². The lowest BCUT2D eigenvalue weighted by Gasteiger charge is -2.20. The summed E-state index contributed by atoms with van der Waals surface area (Å²) in [5.74, 6) is 0.0127. The van der Waals surface area contributed by atoms with Crippen molar-refractivity contribution >= 4 is 11.8 Å². The van der Waals surface area contributed by atoms with E-state index in [9.17, 15) is 14.4 Å². The fourth-order valence-corrected chi connectivity index (χ4v) is 2.98. The number of amides is 2. The molecule has 3 rings (SSSR count). The second-order valence-electron chi connectivity index (χ2n) is 5.89. The maximum absolute atomic E-state index is 12.6. The van der Waals surface area contributed by atoms with Crippen LogP contribution in [0.25, 0.3) is 0 Å². The van der Waals surface area contributed by atoms with Crippen molar-refractivity contribution in [2.24, 2.45) is 0 Å². The lowest BCUT2D eigenvalue weighted by molar-refractivity contribution is -0.120. The third-order valence-electron chi connectivity index (χ3n) is 4.23. The van der Waals surface area contributed by atoms with Gasteiger partial charge in [0.25, 0.3) is 5.91 Å². The first-order chi connectivity index (χ1) is 11.1. The normalized spacial score (nSPS) is 21.9. The van der Waals surface area contributed by atoms with Crippen LogP contribution in [0, 0.1) is 6.92 Å². The molecular formula is C16H20N2O5. The fraction of sp³-hybridized carbons (Fsp3) is 0.562. The van der Waals surface area contributed by atoms with E-state index >= 15 is 0 Å². The Hall–Kier alpha value is -2.15. The van der Waals surface area contributed by atoms with Crippen molar-refractivity contribution in [3.05, 3.63) is 33.4 Å². The largest absolute Gasteiger partial charge is 0.424 e. The molecular weight excluding hydrogens is 300 g/mol. The number of hydrogen-bond acceptors (Lipinski definition) is 5. The minimum atomic E-state index is -0.635. The van der Waals surface area contributed by atoms with E-state index in [0.29, 0.717) is 37.6 Å². The van der Waals surface area contributed by atoms with Crippen molar-refractivity contribution in [2.75, 3.05) is 26.2 Å². The van der Waals surface area contributed by atoms with Gasteiger partial charge in [0.1, 0.15) is 17.4 Å². The molecule has 7 nitrogen and oxygen atoms in total. The Morgan fingerprint density at radius 3 is 2.87 bits per heavy atom. The molecule has 1 unspecified atom stereocenters. The maximum Gasteiger partial charge on any atom is 0.349 e. The monoisotopic (exact) mass is 320 g/mol. The third kappa shape index (κ3) is 3.29. The van der Waals surface area contributed by atoms with E-state index in [1.165, 1.54) is 4.90 Å². The van der Waals surface area contributed by atoms with Crippen molar-refractivity contribution in [3.8, 4) is 0 Å². The van der Waals surface area contributed by atoms with Crippen LogP contribution < -0.4 is 10.9 Å². The third-order valence-corrected chi connectivity index (χ3v) is 4.23. The summed E-state index contributed by atoms with van der Waals surface area (Å²) in [6.07, 6.45) is 1.79. The van der Waals surface area contributed by atoms with Crippen molar-refractivity contribution in [1.82, 2.24) is 10.2 Å². The second kappa shape index (κ2) is 6.54. The molecule has 1 atom stereocenters. The highest BCUT2D eigenvalue weighted by Gasteiger charge is 2.27. The van der Waals surface area contributed by atoms with E-state index in [2.05, 4.69) is 5.32 Å². The molecule has 0 bridgehead atoms. The van der Waals surface area contributed by atoms with E-state index in [1.54, 1.807) is 13.0 Å². The molecule has 3 heterocycles. The molecule has 2 aliphatic rings. The van der Waals surface area contributed by atoms with Gasteiger partial charge in [-0.1, -0.05) is 0 Å². The minimum absolute atomic E-state index is 0.0427. The average molecular weight is 320 g/mol. The molecule has 0 spiro atoms. The molecule has 2 saturated heterocycles. The summed E-state index contributed by atoms with van der Waals surface area (Å²) in [5.41, 5.74) is -0.00888. The van der Waals surface area contributed by atoms with Gasteiger partial charge < -0.3 is 19.4 Å². The van der Waals surface area contributed by atoms with Gasteiger partial charge >= 0.3 is 5.63 Å². The molecule has 1 aromatic heterocycles. The zero-order chi connectivity index (χ0) is 16.4. The lowest BCUT2D eigenvalue weighted by atomic mass is 10.1. The molecule has 2 fully saturated rings. The van der Waals surface area contributed by atoms with Gasteiger partial charge in [-0.15, -0.1) is 0 Å². The highest BCUT2D eigenvalue weighted by atomic mass is 16.5. The molecule has 23 heavy (non-hydrogen) atoms. The molecule has 2 amide bonds. The van der Waals surface area contributed by atoms with E-state index in [1.807, 2.05) is 0 Å². The summed E-state index contributed by atoms with van der Waals surface area (Å²) in [5, 5.41) is 2.71. The number of carbonyl (C=O) groups is 2. The number of hydrogen-bond donors (Lipinski definition) is 1. The van der Waals surface area contributed by atoms with Gasteiger partial charge in [0.2, 0.25) is 5.91 Å². The first-order valence-corrected chi connectivity index (χ1v) is 7.88. The Balaban J connectivity index is 1.85. The van der Waals surface area contributed by atoms with Crippen molar-refractivity contribution < 1.29 is 18.7 Å². The van der Waals surface area contributed by atoms with E-state index < -0.39 is 5.63 Å². The number of aryl methyl sites for hydroxylation is 1. The number of rotatable bonds is 2. The highest BCUT2D eigenvalue weighted by Crippen LogP contribution is 2.28. The Kier molecular flexibility index (Phi) is 4.47. The molecule has 0 aromatic carbocycles. The Morgan fingerprint density at radius 2 is 2.17 bits per heavy atom. The minimum Gasteiger partial charge on any atom is -0.424 e. The van der Waals surface area contributed by atoms with E-state index in [-0.39, 0.29) is 29.9 Å². The molecule has 2 aliphatic heterocycles. The lowest BCUT2D eigenvalue weighted by Crippen LogP contribution is -2.37. The van der Waals surface area contributed by atoms with Gasteiger partial charge in [0.15, 0.2) is 0 Å². The Labute approximate surface area is 133 Å². The summed E-state index contributed by atoms with van der Waals surface area (Å²) in [6.45, 7) is 3.46. The van der Waals surface area contributed by atoms with Crippen LogP contribution in [0.1, 0.15) is 47.0 Å². The zero-order valence-electron chi connectivity index (χ0n) is 13.1. The number of carbonyl (C=O) groups excluding carboxylic acids is 2. The number of nitrogens with zero attached hydrogens (tertiary/aromatic N) is 1. The Bertz CT molecular complexity index is 676. The van der Waals surface area contributed by atoms with Gasteiger partial charge in [-0.3, -0.25) is 9.59 Å². The molecule has 7 heteroatoms. The molecule has 0 aliphatic carbocycles. The first kappa shape index (κ1) is 15.7. The summed E-state index contributed by atoms with van der Waals surface area (Å²) in [4.78, 5) is 37.8. The van der Waals surface area contributed by atoms with Crippen molar-refractivity contribution in [3.63, 3.8) is 0 Å². The molecule has 124 valence electrons. The van der Waals surface area contributed by atoms with Crippen molar-refractivity contribution in [1.29, 1.82) is 0 Å². The zero-order valence-corrected chi connectivity index (χ0v) is 13.1. The van der Waals surface area contributed by atoms with Crippen LogP contribution in [0.2, 0.25) is 0 Å². The molecule has 1 aromatic rings. The summed E-state index contributed by atoms with van der Waals surface area (Å²) in [6, 6.07) is 1.71. The van der Waals surface area contributed by atoms with Crippen LogP contribution in [0.15, 0.2) is 15.3 Å². The molecule has 1 N–H and O–H groups in total. The summed E-state index contributed by atoms with van der Waals surface area (Å²) in [7, 11) is 0. The predicted octanol–water partition coefficient (Wildman–Crippen LogP) is 0.762. The van der Waals surface area contributed by atoms with Gasteiger partial charge in [0, 0.05) is 32.7 Å². The average Bonchev–Trinajstić information content (AvgIpc) is 2.95. The number of ether oxygens (including phenoxy) is 1. The van der Waals surface area contributed by atoms with Gasteiger partial charge in [0.05, 0.1) is 0 Å². The summed E-state index contributed by atoms with van der Waals surface area (Å²) >= 11 is 0. The predicted molar refractivity (Wildman–Crippen MR) is 81.2 cm³/mol. The highest BCUT2D eigenvalue weighted by molar-refractivity contribution is 5.95. The first-order valence-electron chi connectivity index (χ1n) is 7.88. The van der Waals surface area contributed by atoms with Crippen LogP contribution in [0.4, 0.5) is 0 Å². The SMILES string of the molecule is Cc1cc(C2CCCO2)oc(=O)c1C(=O)N1CCNC(=O)CC1. The topological polar surface area (TPSA) is 88.8 Å². The fourth-order valence-electron chi connectivity index (χ4n) is 2.98.